The molecule has 0 aliphatic rings. The maximum Gasteiger partial charge on any atom is 0.0743 e. The van der Waals surface area contributed by atoms with E-state index in [9.17, 15) is 0 Å². The van der Waals surface area contributed by atoms with Crippen molar-refractivity contribution in [2.45, 2.75) is 40.2 Å². The van der Waals surface area contributed by atoms with E-state index in [0.717, 1.165) is 34.5 Å². The average molecular weight is 336 g/mol. The molecular formula is C16H22BrN3. The van der Waals surface area contributed by atoms with Crippen molar-refractivity contribution in [2.24, 2.45) is 0 Å². The number of rotatable bonds is 5. The normalized spacial score (nSPS) is 12.7. The summed E-state index contributed by atoms with van der Waals surface area (Å²) in [6, 6.07) is 9.09. The van der Waals surface area contributed by atoms with Crippen LogP contribution >= 0.6 is 15.9 Å². The molecule has 1 N–H and O–H groups in total. The van der Waals surface area contributed by atoms with Crippen LogP contribution in [0.3, 0.4) is 0 Å². The fourth-order valence-corrected chi connectivity index (χ4v) is 2.71. The highest BCUT2D eigenvalue weighted by molar-refractivity contribution is 9.10. The summed E-state index contributed by atoms with van der Waals surface area (Å²) in [5.74, 6) is 0. The molecule has 0 spiro atoms. The second-order valence-corrected chi connectivity index (χ2v) is 5.80. The fourth-order valence-electron chi connectivity index (χ4n) is 2.47. The van der Waals surface area contributed by atoms with Gasteiger partial charge in [-0.3, -0.25) is 0 Å². The first-order valence-corrected chi connectivity index (χ1v) is 7.93. The summed E-state index contributed by atoms with van der Waals surface area (Å²) in [6.07, 6.45) is 1.10. The smallest absolute Gasteiger partial charge is 0.0743 e. The van der Waals surface area contributed by atoms with Crippen molar-refractivity contribution in [3.05, 3.63) is 45.7 Å². The lowest BCUT2D eigenvalue weighted by Crippen LogP contribution is -2.20. The van der Waals surface area contributed by atoms with Crippen molar-refractivity contribution in [3.63, 3.8) is 0 Å². The van der Waals surface area contributed by atoms with Crippen LogP contribution in [0.15, 0.2) is 28.7 Å². The first kappa shape index (κ1) is 15.3. The Labute approximate surface area is 129 Å². The summed E-state index contributed by atoms with van der Waals surface area (Å²) >= 11 is 3.57. The van der Waals surface area contributed by atoms with Gasteiger partial charge in [-0.1, -0.05) is 26.0 Å². The molecule has 1 atom stereocenters. The first-order chi connectivity index (χ1) is 9.58. The molecule has 0 saturated heterocycles. The molecule has 1 aromatic heterocycles. The van der Waals surface area contributed by atoms with E-state index in [0.29, 0.717) is 6.04 Å². The van der Waals surface area contributed by atoms with Gasteiger partial charge in [0.1, 0.15) is 0 Å². The summed E-state index contributed by atoms with van der Waals surface area (Å²) in [4.78, 5) is 0. The van der Waals surface area contributed by atoms with Gasteiger partial charge in [0, 0.05) is 6.04 Å². The average Bonchev–Trinajstić information content (AvgIpc) is 2.73. The van der Waals surface area contributed by atoms with E-state index >= 15 is 0 Å². The van der Waals surface area contributed by atoms with Gasteiger partial charge in [0.25, 0.3) is 0 Å². The van der Waals surface area contributed by atoms with Gasteiger partial charge in [-0.25, -0.2) is 4.68 Å². The Balaban J connectivity index is 2.30. The van der Waals surface area contributed by atoms with Crippen LogP contribution in [-0.4, -0.2) is 16.3 Å². The molecule has 0 bridgehead atoms. The molecule has 1 heterocycles. The van der Waals surface area contributed by atoms with Crippen molar-refractivity contribution in [2.75, 3.05) is 6.54 Å². The quantitative estimate of drug-likeness (QED) is 0.882. The van der Waals surface area contributed by atoms with Gasteiger partial charge in [0.15, 0.2) is 0 Å². The summed E-state index contributed by atoms with van der Waals surface area (Å²) in [6.45, 7) is 9.43. The summed E-state index contributed by atoms with van der Waals surface area (Å²) in [7, 11) is 0. The largest absolute Gasteiger partial charge is 0.310 e. The highest BCUT2D eigenvalue weighted by Crippen LogP contribution is 2.24. The Kier molecular flexibility index (Phi) is 5.00. The van der Waals surface area contributed by atoms with E-state index in [1.807, 2.05) is 11.6 Å². The number of aromatic nitrogens is 2. The molecule has 0 aliphatic heterocycles. The standard InChI is InChI=1S/C16H22BrN3/c1-5-15(18-6-2)13-7-9-14(10-8-13)20-12(4)16(17)11(3)19-20/h7-10,15,18H,5-6H2,1-4H3. The van der Waals surface area contributed by atoms with E-state index in [4.69, 9.17) is 0 Å². The van der Waals surface area contributed by atoms with Gasteiger partial charge in [-0.05, 0) is 60.4 Å². The van der Waals surface area contributed by atoms with Gasteiger partial charge in [0.05, 0.1) is 21.5 Å². The Morgan fingerprint density at radius 3 is 2.30 bits per heavy atom. The van der Waals surface area contributed by atoms with Gasteiger partial charge in [0.2, 0.25) is 0 Å². The fraction of sp³-hybridized carbons (Fsp3) is 0.438. The maximum atomic E-state index is 4.57. The van der Waals surface area contributed by atoms with Crippen molar-refractivity contribution in [1.29, 1.82) is 0 Å². The Morgan fingerprint density at radius 2 is 1.85 bits per heavy atom. The minimum atomic E-state index is 0.432. The van der Waals surface area contributed by atoms with E-state index < -0.39 is 0 Å². The lowest BCUT2D eigenvalue weighted by Gasteiger charge is -2.16. The first-order valence-electron chi connectivity index (χ1n) is 7.13. The minimum absolute atomic E-state index is 0.432. The lowest BCUT2D eigenvalue weighted by atomic mass is 10.0. The van der Waals surface area contributed by atoms with E-state index in [2.05, 4.69) is 71.4 Å². The molecule has 0 fully saturated rings. The summed E-state index contributed by atoms with van der Waals surface area (Å²) < 4.78 is 3.07. The van der Waals surface area contributed by atoms with Crippen LogP contribution in [0.1, 0.15) is 43.3 Å². The van der Waals surface area contributed by atoms with Crippen LogP contribution < -0.4 is 5.32 Å². The molecule has 2 aromatic rings. The summed E-state index contributed by atoms with van der Waals surface area (Å²) in [5.41, 5.74) is 4.59. The number of hydrogen-bond donors (Lipinski definition) is 1. The molecular weight excluding hydrogens is 314 g/mol. The molecule has 0 saturated carbocycles. The van der Waals surface area contributed by atoms with E-state index in [1.54, 1.807) is 0 Å². The molecule has 1 unspecified atom stereocenters. The predicted octanol–water partition coefficient (Wildman–Crippen LogP) is 4.31. The van der Waals surface area contributed by atoms with E-state index in [-0.39, 0.29) is 0 Å². The number of aryl methyl sites for hydroxylation is 1. The van der Waals surface area contributed by atoms with Crippen LogP contribution in [0.4, 0.5) is 0 Å². The second-order valence-electron chi connectivity index (χ2n) is 5.01. The topological polar surface area (TPSA) is 29.9 Å². The van der Waals surface area contributed by atoms with Crippen LogP contribution in [0.25, 0.3) is 5.69 Å². The minimum Gasteiger partial charge on any atom is -0.310 e. The number of benzene rings is 1. The monoisotopic (exact) mass is 335 g/mol. The van der Waals surface area contributed by atoms with Gasteiger partial charge < -0.3 is 5.32 Å². The molecule has 2 rings (SSSR count). The highest BCUT2D eigenvalue weighted by atomic mass is 79.9. The Hall–Kier alpha value is -1.13. The van der Waals surface area contributed by atoms with Crippen LogP contribution in [0.5, 0.6) is 0 Å². The molecule has 0 amide bonds. The van der Waals surface area contributed by atoms with Crippen LogP contribution in [0, 0.1) is 13.8 Å². The summed E-state index contributed by atoms with van der Waals surface area (Å²) in [5, 5.41) is 8.07. The number of nitrogens with one attached hydrogen (secondary N) is 1. The SMILES string of the molecule is CCNC(CC)c1ccc(-n2nc(C)c(Br)c2C)cc1. The third-order valence-corrected chi connectivity index (χ3v) is 4.75. The number of halogens is 1. The molecule has 0 radical (unpaired) electrons. The van der Waals surface area contributed by atoms with Gasteiger partial charge >= 0.3 is 0 Å². The van der Waals surface area contributed by atoms with Gasteiger partial charge in [-0.15, -0.1) is 0 Å². The van der Waals surface area contributed by atoms with Crippen molar-refractivity contribution >= 4 is 15.9 Å². The van der Waals surface area contributed by atoms with Gasteiger partial charge in [-0.2, -0.15) is 5.10 Å². The number of hydrogen-bond acceptors (Lipinski definition) is 2. The number of nitrogens with zero attached hydrogens (tertiary/aromatic N) is 2. The molecule has 3 nitrogen and oxygen atoms in total. The van der Waals surface area contributed by atoms with Crippen molar-refractivity contribution in [1.82, 2.24) is 15.1 Å². The second kappa shape index (κ2) is 6.55. The molecule has 1 aromatic carbocycles. The van der Waals surface area contributed by atoms with E-state index in [1.165, 1.54) is 5.56 Å². The zero-order valence-electron chi connectivity index (χ0n) is 12.6. The van der Waals surface area contributed by atoms with Crippen LogP contribution in [-0.2, 0) is 0 Å². The maximum absolute atomic E-state index is 4.57. The van der Waals surface area contributed by atoms with Crippen molar-refractivity contribution in [3.8, 4) is 5.69 Å². The van der Waals surface area contributed by atoms with Crippen LogP contribution in [0.2, 0.25) is 0 Å². The zero-order valence-corrected chi connectivity index (χ0v) is 14.2. The molecule has 20 heavy (non-hydrogen) atoms. The molecule has 4 heteroatoms. The molecule has 108 valence electrons. The van der Waals surface area contributed by atoms with Crippen molar-refractivity contribution < 1.29 is 0 Å². The molecule has 0 aliphatic carbocycles. The Morgan fingerprint density at radius 1 is 1.20 bits per heavy atom. The zero-order chi connectivity index (χ0) is 14.7. The lowest BCUT2D eigenvalue weighted by molar-refractivity contribution is 0.537. The predicted molar refractivity (Wildman–Crippen MR) is 87.4 cm³/mol. The third kappa shape index (κ3) is 2.96. The third-order valence-electron chi connectivity index (χ3n) is 3.60. The Bertz CT molecular complexity index is 572. The highest BCUT2D eigenvalue weighted by Gasteiger charge is 2.11.